The minimum absolute atomic E-state index is 0.0566. The molecule has 3 amide bonds. The van der Waals surface area contributed by atoms with Crippen molar-refractivity contribution in [1.29, 1.82) is 0 Å². The Balaban J connectivity index is 2.28. The highest BCUT2D eigenvalue weighted by Gasteiger charge is 2.20. The number of benzene rings is 1. The van der Waals surface area contributed by atoms with E-state index in [-0.39, 0.29) is 19.1 Å². The van der Waals surface area contributed by atoms with Gasteiger partial charge in [-0.25, -0.2) is 4.79 Å². The fourth-order valence-electron chi connectivity index (χ4n) is 1.81. The molecule has 0 heterocycles. The maximum atomic E-state index is 11.8. The molecule has 0 aromatic heterocycles. The summed E-state index contributed by atoms with van der Waals surface area (Å²) in [5.74, 6) is -0.795. The molecular weight excluding hydrogens is 383 g/mol. The molecule has 9 heteroatoms. The number of hydrogen-bond donors (Lipinski definition) is 2. The lowest BCUT2D eigenvalue weighted by atomic mass is 10.3. The van der Waals surface area contributed by atoms with E-state index in [9.17, 15) is 14.4 Å². The summed E-state index contributed by atoms with van der Waals surface area (Å²) in [5.41, 5.74) is 0. The van der Waals surface area contributed by atoms with Gasteiger partial charge < -0.3 is 14.8 Å². The van der Waals surface area contributed by atoms with Gasteiger partial charge in [0.2, 0.25) is 0 Å². The summed E-state index contributed by atoms with van der Waals surface area (Å²) in [4.78, 5) is 34.9. The molecule has 144 valence electrons. The van der Waals surface area contributed by atoms with Crippen LogP contribution in [0.5, 0.6) is 5.75 Å². The van der Waals surface area contributed by atoms with Gasteiger partial charge in [-0.2, -0.15) is 0 Å². The van der Waals surface area contributed by atoms with Gasteiger partial charge in [-0.15, -0.1) is 0 Å². The Hall–Kier alpha value is -1.99. The van der Waals surface area contributed by atoms with Crippen LogP contribution >= 0.6 is 23.2 Å². The van der Waals surface area contributed by atoms with Gasteiger partial charge in [-0.3, -0.25) is 14.9 Å². The summed E-state index contributed by atoms with van der Waals surface area (Å²) < 4.78 is 10.4. The Morgan fingerprint density at radius 1 is 1.15 bits per heavy atom. The Bertz CT molecular complexity index is 652. The number of ether oxygens (including phenoxy) is 2. The fourth-order valence-corrected chi connectivity index (χ4v) is 2.28. The summed E-state index contributed by atoms with van der Waals surface area (Å²) in [5, 5.41) is 5.48. The molecule has 1 aromatic carbocycles. The van der Waals surface area contributed by atoms with Crippen molar-refractivity contribution in [3.63, 3.8) is 0 Å². The molecule has 1 atom stereocenters. The molecule has 0 radical (unpaired) electrons. The number of nitrogens with one attached hydrogen (secondary N) is 2. The van der Waals surface area contributed by atoms with Gasteiger partial charge in [0.25, 0.3) is 5.91 Å². The zero-order chi connectivity index (χ0) is 19.7. The van der Waals surface area contributed by atoms with Crippen molar-refractivity contribution in [1.82, 2.24) is 10.6 Å². The van der Waals surface area contributed by atoms with Crippen LogP contribution in [-0.4, -0.2) is 36.7 Å². The third kappa shape index (κ3) is 8.40. The molecule has 0 saturated carbocycles. The van der Waals surface area contributed by atoms with E-state index in [1.54, 1.807) is 32.0 Å². The topological polar surface area (TPSA) is 93.7 Å². The van der Waals surface area contributed by atoms with E-state index in [4.69, 9.17) is 32.7 Å². The van der Waals surface area contributed by atoms with Crippen molar-refractivity contribution in [2.45, 2.75) is 45.8 Å². The zero-order valence-corrected chi connectivity index (χ0v) is 16.3. The third-order valence-electron chi connectivity index (χ3n) is 3.01. The molecule has 0 saturated heterocycles. The van der Waals surface area contributed by atoms with E-state index in [1.807, 2.05) is 0 Å². The summed E-state index contributed by atoms with van der Waals surface area (Å²) in [6.45, 7) is 5.15. The van der Waals surface area contributed by atoms with Crippen molar-refractivity contribution < 1.29 is 23.9 Å². The molecule has 0 fully saturated rings. The highest BCUT2D eigenvalue weighted by Crippen LogP contribution is 2.27. The standard InChI is InChI=1S/C17H22Cl2N2O5/c1-10(2)20-17(24)21-16(23)11(3)26-15(22)5-4-8-25-14-7-6-12(18)9-13(14)19/h6-7,9-11H,4-5,8H2,1-3H3,(H2,20,21,23,24)/t11-/m0/s1. The number of rotatable bonds is 8. The van der Waals surface area contributed by atoms with Gasteiger partial charge >= 0.3 is 12.0 Å². The van der Waals surface area contributed by atoms with Gasteiger partial charge in [0.1, 0.15) is 5.75 Å². The lowest BCUT2D eigenvalue weighted by molar-refractivity contribution is -0.154. The first-order valence-corrected chi connectivity index (χ1v) is 8.83. The second kappa shape index (κ2) is 10.9. The van der Waals surface area contributed by atoms with Crippen LogP contribution in [0.2, 0.25) is 10.0 Å². The molecule has 26 heavy (non-hydrogen) atoms. The van der Waals surface area contributed by atoms with Gasteiger partial charge in [0.15, 0.2) is 6.10 Å². The molecule has 2 N–H and O–H groups in total. The Morgan fingerprint density at radius 3 is 2.46 bits per heavy atom. The largest absolute Gasteiger partial charge is 0.492 e. The van der Waals surface area contributed by atoms with Crippen molar-refractivity contribution >= 4 is 41.1 Å². The first kappa shape index (κ1) is 22.1. The molecule has 1 rings (SSSR count). The predicted octanol–water partition coefficient (Wildman–Crippen LogP) is 3.32. The highest BCUT2D eigenvalue weighted by molar-refractivity contribution is 6.35. The molecule has 1 aromatic rings. The monoisotopic (exact) mass is 404 g/mol. The number of esters is 1. The van der Waals surface area contributed by atoms with Gasteiger partial charge in [-0.05, 0) is 45.4 Å². The second-order valence-corrected chi connectivity index (χ2v) is 6.62. The van der Waals surface area contributed by atoms with E-state index in [0.29, 0.717) is 22.2 Å². The number of hydrogen-bond acceptors (Lipinski definition) is 5. The van der Waals surface area contributed by atoms with Crippen LogP contribution in [0.25, 0.3) is 0 Å². The number of amides is 3. The Morgan fingerprint density at radius 2 is 1.85 bits per heavy atom. The molecule has 0 spiro atoms. The molecule has 0 unspecified atom stereocenters. The number of carbonyl (C=O) groups excluding carboxylic acids is 3. The average Bonchev–Trinajstić information content (AvgIpc) is 2.52. The molecule has 0 aliphatic carbocycles. The lowest BCUT2D eigenvalue weighted by Gasteiger charge is -2.14. The van der Waals surface area contributed by atoms with Gasteiger partial charge in [0, 0.05) is 17.5 Å². The van der Waals surface area contributed by atoms with E-state index in [2.05, 4.69) is 10.6 Å². The van der Waals surface area contributed by atoms with Gasteiger partial charge in [0.05, 0.1) is 11.6 Å². The average molecular weight is 405 g/mol. The summed E-state index contributed by atoms with van der Waals surface area (Å²) in [6.07, 6.45) is -0.645. The Kier molecular flexibility index (Phi) is 9.23. The van der Waals surface area contributed by atoms with E-state index >= 15 is 0 Å². The number of urea groups is 1. The normalized spacial score (nSPS) is 11.6. The van der Waals surface area contributed by atoms with Crippen LogP contribution in [0.1, 0.15) is 33.6 Å². The summed E-state index contributed by atoms with van der Waals surface area (Å²) in [6, 6.07) is 4.09. The van der Waals surface area contributed by atoms with Crippen LogP contribution in [0, 0.1) is 0 Å². The van der Waals surface area contributed by atoms with Crippen LogP contribution in [-0.2, 0) is 14.3 Å². The summed E-state index contributed by atoms with van der Waals surface area (Å²) in [7, 11) is 0. The lowest BCUT2D eigenvalue weighted by Crippen LogP contribution is -2.46. The van der Waals surface area contributed by atoms with Gasteiger partial charge in [-0.1, -0.05) is 23.2 Å². The zero-order valence-electron chi connectivity index (χ0n) is 14.8. The molecule has 7 nitrogen and oxygen atoms in total. The number of imide groups is 1. The smallest absolute Gasteiger partial charge is 0.321 e. The van der Waals surface area contributed by atoms with E-state index < -0.39 is 24.0 Å². The first-order chi connectivity index (χ1) is 12.2. The van der Waals surface area contributed by atoms with Crippen LogP contribution in [0.4, 0.5) is 4.79 Å². The molecular formula is C17H22Cl2N2O5. The van der Waals surface area contributed by atoms with Crippen LogP contribution in [0.15, 0.2) is 18.2 Å². The number of carbonyl (C=O) groups is 3. The van der Waals surface area contributed by atoms with Crippen molar-refractivity contribution in [2.24, 2.45) is 0 Å². The first-order valence-electron chi connectivity index (χ1n) is 8.07. The quantitative estimate of drug-likeness (QED) is 0.511. The van der Waals surface area contributed by atoms with Crippen molar-refractivity contribution in [2.75, 3.05) is 6.61 Å². The predicted molar refractivity (Wildman–Crippen MR) is 98.6 cm³/mol. The highest BCUT2D eigenvalue weighted by atomic mass is 35.5. The van der Waals surface area contributed by atoms with E-state index in [1.165, 1.54) is 6.92 Å². The third-order valence-corrected chi connectivity index (χ3v) is 3.54. The fraction of sp³-hybridized carbons (Fsp3) is 0.471. The maximum absolute atomic E-state index is 11.8. The SMILES string of the molecule is CC(C)NC(=O)NC(=O)[C@H](C)OC(=O)CCCOc1ccc(Cl)cc1Cl. The molecule has 0 bridgehead atoms. The van der Waals surface area contributed by atoms with Crippen LogP contribution < -0.4 is 15.4 Å². The van der Waals surface area contributed by atoms with Crippen molar-refractivity contribution in [3.8, 4) is 5.75 Å². The minimum Gasteiger partial charge on any atom is -0.492 e. The Labute approximate surface area is 162 Å². The molecule has 0 aliphatic rings. The molecule has 0 aliphatic heterocycles. The maximum Gasteiger partial charge on any atom is 0.321 e. The van der Waals surface area contributed by atoms with Crippen molar-refractivity contribution in [3.05, 3.63) is 28.2 Å². The minimum atomic E-state index is -1.08. The second-order valence-electron chi connectivity index (χ2n) is 5.78. The summed E-state index contributed by atoms with van der Waals surface area (Å²) >= 11 is 11.8. The number of halogens is 2. The van der Waals surface area contributed by atoms with E-state index in [0.717, 1.165) is 0 Å². The van der Waals surface area contributed by atoms with Crippen LogP contribution in [0.3, 0.4) is 0 Å².